The Balaban J connectivity index is 1.97. The van der Waals surface area contributed by atoms with Gasteiger partial charge in [-0.3, -0.25) is 9.69 Å². The molecule has 1 aliphatic heterocycles. The normalized spacial score (nSPS) is 17.2. The average Bonchev–Trinajstić information content (AvgIpc) is 2.53. The molecule has 128 valence electrons. The fraction of sp³-hybridized carbons (Fsp3) is 0.632. The molecule has 0 bridgehead atoms. The smallest absolute Gasteiger partial charge is 0.237 e. The summed E-state index contributed by atoms with van der Waals surface area (Å²) in [7, 11) is 0. The Morgan fingerprint density at radius 2 is 1.61 bits per heavy atom. The van der Waals surface area contributed by atoms with E-state index in [-0.39, 0.29) is 11.4 Å². The van der Waals surface area contributed by atoms with Crippen LogP contribution in [0.5, 0.6) is 0 Å². The third kappa shape index (κ3) is 5.33. The predicted molar refractivity (Wildman–Crippen MR) is 95.3 cm³/mol. The molecule has 0 aromatic heterocycles. The molecule has 1 amide bonds. The lowest BCUT2D eigenvalue weighted by Crippen LogP contribution is -2.53. The Morgan fingerprint density at radius 3 is 2.13 bits per heavy atom. The van der Waals surface area contributed by atoms with E-state index in [1.165, 1.54) is 5.56 Å². The van der Waals surface area contributed by atoms with Crippen LogP contribution in [0.3, 0.4) is 0 Å². The molecule has 23 heavy (non-hydrogen) atoms. The number of nitrogens with zero attached hydrogens (tertiary/aromatic N) is 3. The molecule has 2 rings (SSSR count). The van der Waals surface area contributed by atoms with Gasteiger partial charge in [-0.05, 0) is 32.9 Å². The summed E-state index contributed by atoms with van der Waals surface area (Å²) in [5, 5.41) is 0. The summed E-state index contributed by atoms with van der Waals surface area (Å²) in [6, 6.07) is 10.3. The summed E-state index contributed by atoms with van der Waals surface area (Å²) in [4.78, 5) is 19.6. The third-order valence-electron chi connectivity index (χ3n) is 4.57. The summed E-state index contributed by atoms with van der Waals surface area (Å²) < 4.78 is 0. The van der Waals surface area contributed by atoms with Gasteiger partial charge in [-0.15, -0.1) is 0 Å². The molecule has 1 heterocycles. The standard InChI is InChI=1S/C19H31N3O/c1-5-20-11-13-21(14-12-20)16-18(23)22(19(2,3)4)15-17-9-7-6-8-10-17/h6-10H,5,11-16H2,1-4H3. The minimum atomic E-state index is -0.168. The van der Waals surface area contributed by atoms with E-state index in [4.69, 9.17) is 0 Å². The van der Waals surface area contributed by atoms with Crippen LogP contribution in [-0.2, 0) is 11.3 Å². The summed E-state index contributed by atoms with van der Waals surface area (Å²) in [5.41, 5.74) is 1.02. The monoisotopic (exact) mass is 317 g/mol. The maximum atomic E-state index is 12.9. The van der Waals surface area contributed by atoms with Gasteiger partial charge < -0.3 is 9.80 Å². The molecule has 1 aromatic carbocycles. The molecule has 1 aliphatic rings. The molecule has 0 N–H and O–H groups in total. The largest absolute Gasteiger partial charge is 0.332 e. The number of amides is 1. The highest BCUT2D eigenvalue weighted by Crippen LogP contribution is 2.18. The van der Waals surface area contributed by atoms with Crippen LogP contribution in [0.2, 0.25) is 0 Å². The fourth-order valence-electron chi connectivity index (χ4n) is 3.01. The zero-order valence-electron chi connectivity index (χ0n) is 15.1. The number of carbonyl (C=O) groups excluding carboxylic acids is 1. The van der Waals surface area contributed by atoms with E-state index in [2.05, 4.69) is 49.6 Å². The van der Waals surface area contributed by atoms with E-state index in [1.807, 2.05) is 23.1 Å². The molecule has 1 saturated heterocycles. The molecule has 0 radical (unpaired) electrons. The van der Waals surface area contributed by atoms with Crippen LogP contribution in [0.1, 0.15) is 33.3 Å². The van der Waals surface area contributed by atoms with Gasteiger partial charge in [0, 0.05) is 38.3 Å². The van der Waals surface area contributed by atoms with Crippen molar-refractivity contribution in [2.24, 2.45) is 0 Å². The minimum absolute atomic E-state index is 0.168. The lowest BCUT2D eigenvalue weighted by molar-refractivity contribution is -0.138. The second kappa shape index (κ2) is 7.93. The van der Waals surface area contributed by atoms with Crippen molar-refractivity contribution < 1.29 is 4.79 Å². The number of piperazine rings is 1. The number of rotatable bonds is 5. The zero-order chi connectivity index (χ0) is 16.9. The van der Waals surface area contributed by atoms with Crippen molar-refractivity contribution in [2.45, 2.75) is 39.8 Å². The average molecular weight is 317 g/mol. The Kier molecular flexibility index (Phi) is 6.19. The van der Waals surface area contributed by atoms with Gasteiger partial charge in [0.25, 0.3) is 0 Å². The second-order valence-electron chi connectivity index (χ2n) is 7.35. The van der Waals surface area contributed by atoms with Gasteiger partial charge in [0.05, 0.1) is 6.54 Å². The Morgan fingerprint density at radius 1 is 1.04 bits per heavy atom. The molecule has 0 atom stereocenters. The molecule has 0 saturated carbocycles. The highest BCUT2D eigenvalue weighted by atomic mass is 16.2. The van der Waals surface area contributed by atoms with Crippen molar-refractivity contribution in [3.05, 3.63) is 35.9 Å². The van der Waals surface area contributed by atoms with Crippen LogP contribution in [0.25, 0.3) is 0 Å². The summed E-state index contributed by atoms with van der Waals surface area (Å²) >= 11 is 0. The first kappa shape index (κ1) is 18.0. The first-order chi connectivity index (χ1) is 10.9. The van der Waals surface area contributed by atoms with Gasteiger partial charge in [0.15, 0.2) is 0 Å². The van der Waals surface area contributed by atoms with Crippen LogP contribution in [0.15, 0.2) is 30.3 Å². The lowest BCUT2D eigenvalue weighted by Gasteiger charge is -2.39. The van der Waals surface area contributed by atoms with E-state index in [0.717, 1.165) is 32.7 Å². The lowest BCUT2D eigenvalue weighted by atomic mass is 10.0. The first-order valence-corrected chi connectivity index (χ1v) is 8.69. The van der Waals surface area contributed by atoms with Crippen molar-refractivity contribution >= 4 is 5.91 Å². The number of likely N-dealkylation sites (N-methyl/N-ethyl adjacent to an activating group) is 1. The van der Waals surface area contributed by atoms with Gasteiger partial charge in [0.2, 0.25) is 5.91 Å². The summed E-state index contributed by atoms with van der Waals surface area (Å²) in [5.74, 6) is 0.228. The van der Waals surface area contributed by atoms with Crippen molar-refractivity contribution in [3.8, 4) is 0 Å². The van der Waals surface area contributed by atoms with Gasteiger partial charge in [-0.1, -0.05) is 37.3 Å². The number of hydrogen-bond acceptors (Lipinski definition) is 3. The molecule has 1 aromatic rings. The second-order valence-corrected chi connectivity index (χ2v) is 7.35. The summed E-state index contributed by atoms with van der Waals surface area (Å²) in [6.07, 6.45) is 0. The molecular formula is C19H31N3O. The van der Waals surface area contributed by atoms with Crippen LogP contribution < -0.4 is 0 Å². The molecule has 4 heteroatoms. The van der Waals surface area contributed by atoms with Crippen LogP contribution in [0, 0.1) is 0 Å². The zero-order valence-corrected chi connectivity index (χ0v) is 15.1. The quantitative estimate of drug-likeness (QED) is 0.834. The highest BCUT2D eigenvalue weighted by Gasteiger charge is 2.28. The van der Waals surface area contributed by atoms with Gasteiger partial charge in [-0.2, -0.15) is 0 Å². The fourth-order valence-corrected chi connectivity index (χ4v) is 3.01. The van der Waals surface area contributed by atoms with Crippen LogP contribution in [-0.4, -0.2) is 65.4 Å². The number of benzene rings is 1. The molecule has 1 fully saturated rings. The van der Waals surface area contributed by atoms with E-state index < -0.39 is 0 Å². The third-order valence-corrected chi connectivity index (χ3v) is 4.57. The maximum Gasteiger partial charge on any atom is 0.237 e. The topological polar surface area (TPSA) is 26.8 Å². The van der Waals surface area contributed by atoms with E-state index >= 15 is 0 Å². The van der Waals surface area contributed by atoms with Crippen molar-refractivity contribution in [2.75, 3.05) is 39.3 Å². The van der Waals surface area contributed by atoms with Gasteiger partial charge in [-0.25, -0.2) is 0 Å². The van der Waals surface area contributed by atoms with Gasteiger partial charge >= 0.3 is 0 Å². The first-order valence-electron chi connectivity index (χ1n) is 8.69. The van der Waals surface area contributed by atoms with Crippen LogP contribution >= 0.6 is 0 Å². The molecular weight excluding hydrogens is 286 g/mol. The predicted octanol–water partition coefficient (Wildman–Crippen LogP) is 2.45. The summed E-state index contributed by atoms with van der Waals surface area (Å²) in [6.45, 7) is 15.0. The minimum Gasteiger partial charge on any atom is -0.332 e. The van der Waals surface area contributed by atoms with Crippen molar-refractivity contribution in [3.63, 3.8) is 0 Å². The SMILES string of the molecule is CCN1CCN(CC(=O)N(Cc2ccccc2)C(C)(C)C)CC1. The Bertz CT molecular complexity index is 487. The van der Waals surface area contributed by atoms with E-state index in [0.29, 0.717) is 13.1 Å². The van der Waals surface area contributed by atoms with Crippen LogP contribution in [0.4, 0.5) is 0 Å². The molecule has 0 aliphatic carbocycles. The Labute approximate surface area is 141 Å². The maximum absolute atomic E-state index is 12.9. The van der Waals surface area contributed by atoms with Crippen molar-refractivity contribution in [1.29, 1.82) is 0 Å². The Hall–Kier alpha value is -1.39. The van der Waals surface area contributed by atoms with Crippen molar-refractivity contribution in [1.82, 2.24) is 14.7 Å². The van der Waals surface area contributed by atoms with Gasteiger partial charge in [0.1, 0.15) is 0 Å². The molecule has 4 nitrogen and oxygen atoms in total. The number of carbonyl (C=O) groups is 1. The number of hydrogen-bond donors (Lipinski definition) is 0. The highest BCUT2D eigenvalue weighted by molar-refractivity contribution is 5.79. The molecule has 0 unspecified atom stereocenters. The van der Waals surface area contributed by atoms with E-state index in [1.54, 1.807) is 0 Å². The molecule has 0 spiro atoms. The van der Waals surface area contributed by atoms with E-state index in [9.17, 15) is 4.79 Å².